The second-order valence-electron chi connectivity index (χ2n) is 5.77. The van der Waals surface area contributed by atoms with E-state index >= 15 is 0 Å². The predicted molar refractivity (Wildman–Crippen MR) is 96.6 cm³/mol. The Morgan fingerprint density at radius 1 is 1.26 bits per heavy atom. The third kappa shape index (κ3) is 2.40. The van der Waals surface area contributed by atoms with Crippen LogP contribution in [0.5, 0.6) is 0 Å². The molecule has 1 aromatic carbocycles. The van der Waals surface area contributed by atoms with E-state index in [0.29, 0.717) is 0 Å². The number of rotatable bonds is 2. The molecule has 3 nitrogen and oxygen atoms in total. The normalized spacial score (nSPS) is 16.6. The van der Waals surface area contributed by atoms with Crippen molar-refractivity contribution in [2.24, 2.45) is 0 Å². The van der Waals surface area contributed by atoms with Crippen LogP contribution in [0.1, 0.15) is 27.9 Å². The standard InChI is InChI=1S/C18H16N2OS2/c1-11-10-13-6-3-4-7-14(13)20(11)18(21)16-12(2)19-17(23-16)15-8-5-9-22-15/h3-9,11H,10H2,1-2H3/t11-/m0/s1. The van der Waals surface area contributed by atoms with Gasteiger partial charge in [-0.2, -0.15) is 0 Å². The summed E-state index contributed by atoms with van der Waals surface area (Å²) in [5, 5.41) is 2.97. The van der Waals surface area contributed by atoms with Crippen LogP contribution in [-0.4, -0.2) is 16.9 Å². The first-order valence-electron chi connectivity index (χ1n) is 7.58. The summed E-state index contributed by atoms with van der Waals surface area (Å²) in [4.78, 5) is 21.5. The van der Waals surface area contributed by atoms with E-state index in [1.54, 1.807) is 11.3 Å². The molecule has 0 spiro atoms. The van der Waals surface area contributed by atoms with E-state index in [1.165, 1.54) is 16.9 Å². The van der Waals surface area contributed by atoms with Crippen molar-refractivity contribution in [3.63, 3.8) is 0 Å². The first-order chi connectivity index (χ1) is 11.1. The summed E-state index contributed by atoms with van der Waals surface area (Å²) in [7, 11) is 0. The van der Waals surface area contributed by atoms with Crippen molar-refractivity contribution in [1.29, 1.82) is 0 Å². The first-order valence-corrected chi connectivity index (χ1v) is 9.27. The molecular weight excluding hydrogens is 324 g/mol. The number of nitrogens with zero attached hydrogens (tertiary/aromatic N) is 2. The fourth-order valence-corrected chi connectivity index (χ4v) is 4.89. The fraction of sp³-hybridized carbons (Fsp3) is 0.222. The van der Waals surface area contributed by atoms with Crippen LogP contribution in [-0.2, 0) is 6.42 Å². The second-order valence-corrected chi connectivity index (χ2v) is 7.71. The lowest BCUT2D eigenvalue weighted by Crippen LogP contribution is -2.35. The molecule has 0 N–H and O–H groups in total. The summed E-state index contributed by atoms with van der Waals surface area (Å²) >= 11 is 3.15. The Kier molecular flexibility index (Phi) is 3.54. The van der Waals surface area contributed by atoms with Gasteiger partial charge in [0.05, 0.1) is 10.6 Å². The molecule has 3 heterocycles. The lowest BCUT2D eigenvalue weighted by atomic mass is 10.1. The summed E-state index contributed by atoms with van der Waals surface area (Å²) in [6.07, 6.45) is 0.914. The van der Waals surface area contributed by atoms with E-state index in [9.17, 15) is 4.79 Å². The Labute approximate surface area is 143 Å². The quantitative estimate of drug-likeness (QED) is 0.673. The average molecular weight is 340 g/mol. The number of anilines is 1. The van der Waals surface area contributed by atoms with Gasteiger partial charge in [-0.25, -0.2) is 4.98 Å². The van der Waals surface area contributed by atoms with E-state index < -0.39 is 0 Å². The molecule has 0 radical (unpaired) electrons. The molecule has 0 bridgehead atoms. The van der Waals surface area contributed by atoms with Gasteiger partial charge in [-0.3, -0.25) is 4.79 Å². The van der Waals surface area contributed by atoms with Crippen LogP contribution in [0.4, 0.5) is 5.69 Å². The molecule has 0 saturated carbocycles. The number of benzene rings is 1. The van der Waals surface area contributed by atoms with Gasteiger partial charge in [-0.15, -0.1) is 22.7 Å². The minimum absolute atomic E-state index is 0.0697. The molecule has 1 aliphatic rings. The molecule has 0 saturated heterocycles. The molecule has 4 rings (SSSR count). The number of carbonyl (C=O) groups excluding carboxylic acids is 1. The van der Waals surface area contributed by atoms with Crippen molar-refractivity contribution in [3.05, 3.63) is 57.9 Å². The highest BCUT2D eigenvalue weighted by atomic mass is 32.1. The molecular formula is C18H16N2OS2. The molecule has 0 aliphatic carbocycles. The zero-order valence-corrected chi connectivity index (χ0v) is 14.6. The van der Waals surface area contributed by atoms with Gasteiger partial charge in [0.2, 0.25) is 0 Å². The van der Waals surface area contributed by atoms with Crippen molar-refractivity contribution in [2.45, 2.75) is 26.3 Å². The molecule has 1 amide bonds. The predicted octanol–water partition coefficient (Wildman–Crippen LogP) is 4.77. The van der Waals surface area contributed by atoms with Crippen LogP contribution in [0.15, 0.2) is 41.8 Å². The number of hydrogen-bond donors (Lipinski definition) is 0. The van der Waals surface area contributed by atoms with Crippen LogP contribution >= 0.6 is 22.7 Å². The lowest BCUT2D eigenvalue weighted by Gasteiger charge is -2.22. The minimum atomic E-state index is 0.0697. The van der Waals surface area contributed by atoms with E-state index in [2.05, 4.69) is 18.0 Å². The Balaban J connectivity index is 1.73. The topological polar surface area (TPSA) is 33.2 Å². The molecule has 0 unspecified atom stereocenters. The summed E-state index contributed by atoms with van der Waals surface area (Å²) < 4.78 is 0. The smallest absolute Gasteiger partial charge is 0.270 e. The van der Waals surface area contributed by atoms with Crippen molar-refractivity contribution in [1.82, 2.24) is 4.98 Å². The number of fused-ring (bicyclic) bond motifs is 1. The molecule has 1 atom stereocenters. The Morgan fingerprint density at radius 2 is 2.09 bits per heavy atom. The van der Waals surface area contributed by atoms with Gasteiger partial charge in [0.25, 0.3) is 5.91 Å². The third-order valence-electron chi connectivity index (χ3n) is 4.15. The number of aryl methyl sites for hydroxylation is 1. The number of thiazole rings is 1. The minimum Gasteiger partial charge on any atom is -0.304 e. The zero-order valence-electron chi connectivity index (χ0n) is 12.9. The molecule has 5 heteroatoms. The van der Waals surface area contributed by atoms with Gasteiger partial charge in [-0.1, -0.05) is 24.3 Å². The highest BCUT2D eigenvalue weighted by Gasteiger charge is 2.33. The van der Waals surface area contributed by atoms with Crippen molar-refractivity contribution >= 4 is 34.3 Å². The maximum Gasteiger partial charge on any atom is 0.270 e. The third-order valence-corrected chi connectivity index (χ3v) is 6.33. The second kappa shape index (κ2) is 5.58. The Hall–Kier alpha value is -1.98. The SMILES string of the molecule is Cc1nc(-c2cccs2)sc1C(=O)N1c2ccccc2C[C@@H]1C. The number of aromatic nitrogens is 1. The average Bonchev–Trinajstić information content (AvgIpc) is 3.23. The van der Waals surface area contributed by atoms with Crippen LogP contribution in [0.2, 0.25) is 0 Å². The Morgan fingerprint density at radius 3 is 2.87 bits per heavy atom. The summed E-state index contributed by atoms with van der Waals surface area (Å²) in [6.45, 7) is 4.03. The number of para-hydroxylation sites is 1. The van der Waals surface area contributed by atoms with Crippen molar-refractivity contribution in [2.75, 3.05) is 4.90 Å². The molecule has 2 aromatic heterocycles. The highest BCUT2D eigenvalue weighted by Crippen LogP contribution is 2.36. The molecule has 1 aliphatic heterocycles. The van der Waals surface area contributed by atoms with Gasteiger partial charge in [0.15, 0.2) is 0 Å². The van der Waals surface area contributed by atoms with Crippen LogP contribution in [0, 0.1) is 6.92 Å². The summed E-state index contributed by atoms with van der Waals surface area (Å²) in [5.74, 6) is 0.0697. The maximum absolute atomic E-state index is 13.1. The van der Waals surface area contributed by atoms with E-state index in [-0.39, 0.29) is 11.9 Å². The summed E-state index contributed by atoms with van der Waals surface area (Å²) in [5.41, 5.74) is 3.10. The van der Waals surface area contributed by atoms with Gasteiger partial charge in [0.1, 0.15) is 9.88 Å². The van der Waals surface area contributed by atoms with Gasteiger partial charge in [-0.05, 0) is 43.3 Å². The van der Waals surface area contributed by atoms with Gasteiger partial charge in [0, 0.05) is 11.7 Å². The van der Waals surface area contributed by atoms with Crippen LogP contribution in [0.3, 0.4) is 0 Å². The number of amides is 1. The molecule has 116 valence electrons. The number of hydrogen-bond acceptors (Lipinski definition) is 4. The molecule has 3 aromatic rings. The Bertz CT molecular complexity index is 867. The van der Waals surface area contributed by atoms with E-state index in [0.717, 1.165) is 32.6 Å². The fourth-order valence-electron chi connectivity index (χ4n) is 3.08. The zero-order chi connectivity index (χ0) is 16.0. The first kappa shape index (κ1) is 14.6. The monoisotopic (exact) mass is 340 g/mol. The van der Waals surface area contributed by atoms with Crippen LogP contribution < -0.4 is 4.90 Å². The highest BCUT2D eigenvalue weighted by molar-refractivity contribution is 7.22. The number of carbonyl (C=O) groups is 1. The number of thiophene rings is 1. The molecule has 23 heavy (non-hydrogen) atoms. The lowest BCUT2D eigenvalue weighted by molar-refractivity contribution is 0.0984. The van der Waals surface area contributed by atoms with E-state index in [1.807, 2.05) is 47.5 Å². The molecule has 0 fully saturated rings. The largest absolute Gasteiger partial charge is 0.304 e. The van der Waals surface area contributed by atoms with Gasteiger partial charge < -0.3 is 4.90 Å². The van der Waals surface area contributed by atoms with Crippen molar-refractivity contribution < 1.29 is 4.79 Å². The maximum atomic E-state index is 13.1. The van der Waals surface area contributed by atoms with Crippen molar-refractivity contribution in [3.8, 4) is 9.88 Å². The van der Waals surface area contributed by atoms with Gasteiger partial charge >= 0.3 is 0 Å². The van der Waals surface area contributed by atoms with E-state index in [4.69, 9.17) is 0 Å². The van der Waals surface area contributed by atoms with Crippen LogP contribution in [0.25, 0.3) is 9.88 Å². The summed E-state index contributed by atoms with van der Waals surface area (Å²) in [6, 6.07) is 12.4.